The predicted octanol–water partition coefficient (Wildman–Crippen LogP) is 4.17. The van der Waals surface area contributed by atoms with Crippen LogP contribution in [0.3, 0.4) is 0 Å². The van der Waals surface area contributed by atoms with Gasteiger partial charge < -0.3 is 10.1 Å². The maximum Gasteiger partial charge on any atom is 0.274 e. The Hall–Kier alpha value is -2.56. The van der Waals surface area contributed by atoms with Gasteiger partial charge in [-0.25, -0.2) is 0 Å². The van der Waals surface area contributed by atoms with Crippen LogP contribution < -0.4 is 10.1 Å². The summed E-state index contributed by atoms with van der Waals surface area (Å²) in [5.41, 5.74) is 1.59. The fourth-order valence-corrected chi connectivity index (χ4v) is 2.20. The highest BCUT2D eigenvalue weighted by molar-refractivity contribution is 5.58. The zero-order valence-corrected chi connectivity index (χ0v) is 12.1. The number of anilines is 1. The number of hydrogen-bond donors (Lipinski definition) is 1. The zero-order chi connectivity index (χ0) is 15.2. The van der Waals surface area contributed by atoms with Crippen LogP contribution in [0.25, 0.3) is 0 Å². The summed E-state index contributed by atoms with van der Waals surface area (Å²) < 4.78 is 5.56. The van der Waals surface area contributed by atoms with Crippen LogP contribution in [-0.4, -0.2) is 11.5 Å². The SMILES string of the molecule is CCOc1ccccc1NC(C)c1ccccc1[N+](=O)[O-]. The normalized spacial score (nSPS) is 11.7. The molecule has 0 aliphatic heterocycles. The van der Waals surface area contributed by atoms with Crippen molar-refractivity contribution in [1.82, 2.24) is 0 Å². The smallest absolute Gasteiger partial charge is 0.274 e. The maximum atomic E-state index is 11.1. The van der Waals surface area contributed by atoms with E-state index in [9.17, 15) is 10.1 Å². The fraction of sp³-hybridized carbons (Fsp3) is 0.250. The summed E-state index contributed by atoms with van der Waals surface area (Å²) in [6.45, 7) is 4.38. The number of nitro benzene ring substituents is 1. The Morgan fingerprint density at radius 1 is 1.19 bits per heavy atom. The highest BCUT2D eigenvalue weighted by atomic mass is 16.6. The van der Waals surface area contributed by atoms with E-state index in [0.29, 0.717) is 12.2 Å². The number of nitrogens with one attached hydrogen (secondary N) is 1. The van der Waals surface area contributed by atoms with E-state index in [1.165, 1.54) is 6.07 Å². The molecule has 0 amide bonds. The number of benzene rings is 2. The molecule has 0 bridgehead atoms. The van der Waals surface area contributed by atoms with E-state index in [1.54, 1.807) is 18.2 Å². The lowest BCUT2D eigenvalue weighted by atomic mass is 10.1. The molecule has 110 valence electrons. The maximum absolute atomic E-state index is 11.1. The summed E-state index contributed by atoms with van der Waals surface area (Å²) in [5.74, 6) is 0.741. The minimum Gasteiger partial charge on any atom is -0.492 e. The second-order valence-electron chi connectivity index (χ2n) is 4.61. The molecule has 2 aromatic rings. The van der Waals surface area contributed by atoms with Crippen LogP contribution in [0.2, 0.25) is 0 Å². The van der Waals surface area contributed by atoms with E-state index in [1.807, 2.05) is 38.1 Å². The molecule has 1 N–H and O–H groups in total. The first-order chi connectivity index (χ1) is 10.1. The average molecular weight is 286 g/mol. The molecule has 0 heterocycles. The molecule has 5 heteroatoms. The summed E-state index contributed by atoms with van der Waals surface area (Å²) in [5, 5.41) is 14.4. The Labute approximate surface area is 123 Å². The van der Waals surface area contributed by atoms with Crippen molar-refractivity contribution in [2.75, 3.05) is 11.9 Å². The van der Waals surface area contributed by atoms with Crippen molar-refractivity contribution in [2.45, 2.75) is 19.9 Å². The molecule has 0 aromatic heterocycles. The van der Waals surface area contributed by atoms with Gasteiger partial charge in [0.05, 0.1) is 28.8 Å². The summed E-state index contributed by atoms with van der Waals surface area (Å²) in [4.78, 5) is 10.7. The molecule has 21 heavy (non-hydrogen) atoms. The Bertz CT molecular complexity index is 628. The molecule has 2 aromatic carbocycles. The van der Waals surface area contributed by atoms with Gasteiger partial charge in [-0.3, -0.25) is 10.1 Å². The first kappa shape index (κ1) is 14.8. The molecule has 0 aliphatic carbocycles. The lowest BCUT2D eigenvalue weighted by Crippen LogP contribution is -2.10. The third kappa shape index (κ3) is 3.51. The molecule has 5 nitrogen and oxygen atoms in total. The van der Waals surface area contributed by atoms with Crippen LogP contribution in [0.15, 0.2) is 48.5 Å². The summed E-state index contributed by atoms with van der Waals surface area (Å²) in [6.07, 6.45) is 0. The monoisotopic (exact) mass is 286 g/mol. The molecule has 0 saturated carbocycles. The molecule has 0 spiro atoms. The van der Waals surface area contributed by atoms with Crippen molar-refractivity contribution in [3.05, 3.63) is 64.2 Å². The minimum absolute atomic E-state index is 0.117. The van der Waals surface area contributed by atoms with E-state index in [4.69, 9.17) is 4.74 Å². The van der Waals surface area contributed by atoms with Crippen molar-refractivity contribution >= 4 is 11.4 Å². The molecule has 0 radical (unpaired) electrons. The quantitative estimate of drug-likeness (QED) is 0.639. The van der Waals surface area contributed by atoms with Gasteiger partial charge in [0.25, 0.3) is 5.69 Å². The number of ether oxygens (including phenoxy) is 1. The van der Waals surface area contributed by atoms with E-state index < -0.39 is 0 Å². The predicted molar refractivity (Wildman–Crippen MR) is 82.7 cm³/mol. The largest absolute Gasteiger partial charge is 0.492 e. The van der Waals surface area contributed by atoms with E-state index in [-0.39, 0.29) is 16.7 Å². The number of rotatable bonds is 6. The lowest BCUT2D eigenvalue weighted by Gasteiger charge is -2.18. The topological polar surface area (TPSA) is 64.4 Å². The van der Waals surface area contributed by atoms with Crippen LogP contribution in [0.5, 0.6) is 5.75 Å². The Kier molecular flexibility index (Phi) is 4.77. The van der Waals surface area contributed by atoms with Crippen molar-refractivity contribution in [3.63, 3.8) is 0 Å². The van der Waals surface area contributed by atoms with Gasteiger partial charge in [-0.05, 0) is 26.0 Å². The van der Waals surface area contributed by atoms with Crippen LogP contribution in [0, 0.1) is 10.1 Å². The Balaban J connectivity index is 2.26. The van der Waals surface area contributed by atoms with Crippen LogP contribution in [-0.2, 0) is 0 Å². The van der Waals surface area contributed by atoms with Gasteiger partial charge in [-0.15, -0.1) is 0 Å². The molecule has 0 fully saturated rings. The van der Waals surface area contributed by atoms with E-state index in [2.05, 4.69) is 5.32 Å². The third-order valence-electron chi connectivity index (χ3n) is 3.16. The number of nitrogens with zero attached hydrogens (tertiary/aromatic N) is 1. The molecule has 0 aliphatic rings. The summed E-state index contributed by atoms with van der Waals surface area (Å²) >= 11 is 0. The second kappa shape index (κ2) is 6.74. The molecular weight excluding hydrogens is 268 g/mol. The van der Waals surface area contributed by atoms with Gasteiger partial charge in [-0.2, -0.15) is 0 Å². The van der Waals surface area contributed by atoms with E-state index in [0.717, 1.165) is 11.4 Å². The van der Waals surface area contributed by atoms with Gasteiger partial charge in [0.15, 0.2) is 0 Å². The van der Waals surface area contributed by atoms with Crippen molar-refractivity contribution in [2.24, 2.45) is 0 Å². The molecule has 1 unspecified atom stereocenters. The van der Waals surface area contributed by atoms with Crippen molar-refractivity contribution in [1.29, 1.82) is 0 Å². The highest BCUT2D eigenvalue weighted by Crippen LogP contribution is 2.31. The van der Waals surface area contributed by atoms with Crippen LogP contribution >= 0.6 is 0 Å². The van der Waals surface area contributed by atoms with Gasteiger partial charge in [0.2, 0.25) is 0 Å². The molecule has 2 rings (SSSR count). The van der Waals surface area contributed by atoms with Gasteiger partial charge in [-0.1, -0.05) is 30.3 Å². The van der Waals surface area contributed by atoms with Gasteiger partial charge in [0.1, 0.15) is 5.75 Å². The lowest BCUT2D eigenvalue weighted by molar-refractivity contribution is -0.385. The minimum atomic E-state index is -0.359. The number of hydrogen-bond acceptors (Lipinski definition) is 4. The van der Waals surface area contributed by atoms with Crippen LogP contribution in [0.4, 0.5) is 11.4 Å². The molecular formula is C16H18N2O3. The van der Waals surface area contributed by atoms with Crippen molar-refractivity contribution in [3.8, 4) is 5.75 Å². The Morgan fingerprint density at radius 2 is 1.86 bits per heavy atom. The molecule has 0 saturated heterocycles. The summed E-state index contributed by atoms with van der Waals surface area (Å²) in [7, 11) is 0. The standard InChI is InChI=1S/C16H18N2O3/c1-3-21-16-11-7-5-9-14(16)17-12(2)13-8-4-6-10-15(13)18(19)20/h4-12,17H,3H2,1-2H3. The first-order valence-corrected chi connectivity index (χ1v) is 6.85. The number of nitro groups is 1. The Morgan fingerprint density at radius 3 is 2.57 bits per heavy atom. The van der Waals surface area contributed by atoms with Gasteiger partial charge in [0, 0.05) is 6.07 Å². The fourth-order valence-electron chi connectivity index (χ4n) is 2.20. The van der Waals surface area contributed by atoms with Gasteiger partial charge >= 0.3 is 0 Å². The average Bonchev–Trinajstić information content (AvgIpc) is 2.49. The first-order valence-electron chi connectivity index (χ1n) is 6.85. The highest BCUT2D eigenvalue weighted by Gasteiger charge is 2.18. The van der Waals surface area contributed by atoms with E-state index >= 15 is 0 Å². The van der Waals surface area contributed by atoms with Crippen LogP contribution in [0.1, 0.15) is 25.5 Å². The zero-order valence-electron chi connectivity index (χ0n) is 12.1. The third-order valence-corrected chi connectivity index (χ3v) is 3.16. The second-order valence-corrected chi connectivity index (χ2v) is 4.61. The summed E-state index contributed by atoms with van der Waals surface area (Å²) in [6, 6.07) is 14.1. The molecule has 1 atom stereocenters. The van der Waals surface area contributed by atoms with Crippen molar-refractivity contribution < 1.29 is 9.66 Å². The number of para-hydroxylation sites is 3.